The van der Waals surface area contributed by atoms with Crippen molar-refractivity contribution < 1.29 is 0 Å². The molecule has 1 heteroatoms. The van der Waals surface area contributed by atoms with Crippen molar-refractivity contribution in [1.82, 2.24) is 0 Å². The molecule has 0 aromatic rings. The van der Waals surface area contributed by atoms with Crippen LogP contribution in [0.5, 0.6) is 0 Å². The van der Waals surface area contributed by atoms with Gasteiger partial charge in [-0.3, -0.25) is 0 Å². The molecule has 0 N–H and O–H groups in total. The van der Waals surface area contributed by atoms with E-state index in [1.807, 2.05) is 0 Å². The van der Waals surface area contributed by atoms with Gasteiger partial charge in [0.1, 0.15) is 7.85 Å². The summed E-state index contributed by atoms with van der Waals surface area (Å²) in [6.45, 7) is 13.7. The van der Waals surface area contributed by atoms with Gasteiger partial charge in [0.15, 0.2) is 0 Å². The lowest BCUT2D eigenvalue weighted by Gasteiger charge is -3.04. The van der Waals surface area contributed by atoms with Crippen LogP contribution in [-0.4, -0.2) is 7.85 Å². The zero-order valence-electron chi connectivity index (χ0n) is 13.9. The maximum absolute atomic E-state index is 2.74. The van der Waals surface area contributed by atoms with Crippen molar-refractivity contribution in [3.63, 3.8) is 0 Å². The van der Waals surface area contributed by atoms with Crippen LogP contribution in [0.25, 0.3) is 0 Å². The van der Waals surface area contributed by atoms with Crippen molar-refractivity contribution in [2.45, 2.75) is 52.8 Å². The first-order valence-electron chi connectivity index (χ1n) is 9.18. The summed E-state index contributed by atoms with van der Waals surface area (Å²) in [6, 6.07) is 0. The highest BCUT2D eigenvalue weighted by molar-refractivity contribution is 6.18. The number of fused-ring (bicyclic) bond motifs is 5. The second-order valence-electron chi connectivity index (χ2n) is 11.3. The van der Waals surface area contributed by atoms with Gasteiger partial charge in [0.2, 0.25) is 0 Å². The Hall–Kier alpha value is 0.0649. The van der Waals surface area contributed by atoms with Gasteiger partial charge in [-0.2, -0.15) is 0 Å². The van der Waals surface area contributed by atoms with Gasteiger partial charge in [-0.05, 0) is 74.3 Å². The monoisotopic (exact) mass is 266 g/mol. The zero-order valence-corrected chi connectivity index (χ0v) is 13.9. The molecular formula is C19H27B. The van der Waals surface area contributed by atoms with Gasteiger partial charge in [0, 0.05) is 0 Å². The van der Waals surface area contributed by atoms with Crippen LogP contribution in [0.2, 0.25) is 5.31 Å². The van der Waals surface area contributed by atoms with E-state index in [4.69, 9.17) is 0 Å². The summed E-state index contributed by atoms with van der Waals surface area (Å²) in [5.74, 6) is 6.65. The fourth-order valence-electron chi connectivity index (χ4n) is 12.5. The van der Waals surface area contributed by atoms with Crippen LogP contribution < -0.4 is 0 Å². The van der Waals surface area contributed by atoms with Gasteiger partial charge in [0.05, 0.1) is 0 Å². The largest absolute Gasteiger partial charge is 0.110 e. The van der Waals surface area contributed by atoms with E-state index in [9.17, 15) is 0 Å². The molecule has 7 fully saturated rings. The van der Waals surface area contributed by atoms with Gasteiger partial charge in [-0.25, -0.2) is 0 Å². The highest BCUT2D eigenvalue weighted by atomic mass is 15.1. The van der Waals surface area contributed by atoms with Crippen molar-refractivity contribution in [1.29, 1.82) is 0 Å². The van der Waals surface area contributed by atoms with Gasteiger partial charge in [0.25, 0.3) is 0 Å². The van der Waals surface area contributed by atoms with E-state index >= 15 is 0 Å². The van der Waals surface area contributed by atoms with Gasteiger partial charge >= 0.3 is 0 Å². The summed E-state index contributed by atoms with van der Waals surface area (Å²) in [4.78, 5) is 0. The van der Waals surface area contributed by atoms with E-state index in [0.29, 0.717) is 21.7 Å². The maximum Gasteiger partial charge on any atom is 0.110 e. The lowest BCUT2D eigenvalue weighted by Crippen LogP contribution is -2.99. The second-order valence-corrected chi connectivity index (χ2v) is 11.3. The SMILES string of the molecule is BC12CC3C4CC5C6C7C1C(C)(C32C)C7(C)C6(C)C45C. The van der Waals surface area contributed by atoms with E-state index in [1.54, 1.807) is 12.8 Å². The van der Waals surface area contributed by atoms with E-state index in [-0.39, 0.29) is 0 Å². The molecule has 7 rings (SSSR count). The normalized spacial score (nSPS) is 93.2. The molecule has 7 saturated carbocycles. The van der Waals surface area contributed by atoms with Crippen LogP contribution in [0.1, 0.15) is 47.5 Å². The van der Waals surface area contributed by atoms with Crippen molar-refractivity contribution in [2.75, 3.05) is 0 Å². The van der Waals surface area contributed by atoms with Gasteiger partial charge < -0.3 is 0 Å². The predicted octanol–water partition coefficient (Wildman–Crippen LogP) is 3.38. The van der Waals surface area contributed by atoms with E-state index in [1.165, 1.54) is 0 Å². The predicted molar refractivity (Wildman–Crippen MR) is 81.9 cm³/mol. The molecule has 106 valence electrons. The average Bonchev–Trinajstić information content (AvgIpc) is 2.57. The summed E-state index contributed by atoms with van der Waals surface area (Å²) in [5.41, 5.74) is 3.54. The second kappa shape index (κ2) is 1.98. The third kappa shape index (κ3) is 0.419. The fourth-order valence-corrected chi connectivity index (χ4v) is 12.5. The molecule has 0 aromatic carbocycles. The molecule has 7 aliphatic rings. The third-order valence-electron chi connectivity index (χ3n) is 13.3. The highest BCUT2D eigenvalue weighted by Crippen LogP contribution is 3.12. The number of hydrogen-bond donors (Lipinski definition) is 0. The van der Waals surface area contributed by atoms with E-state index in [0.717, 1.165) is 46.2 Å². The van der Waals surface area contributed by atoms with Crippen molar-refractivity contribution >= 4 is 7.85 Å². The molecule has 0 heterocycles. The Kier molecular flexibility index (Phi) is 1.06. The summed E-state index contributed by atoms with van der Waals surface area (Å²) < 4.78 is 0. The molecule has 0 bridgehead atoms. The minimum Gasteiger partial charge on any atom is -0.0590 e. The van der Waals surface area contributed by atoms with E-state index < -0.39 is 0 Å². The average molecular weight is 266 g/mol. The van der Waals surface area contributed by atoms with Gasteiger partial charge in [-0.15, -0.1) is 0 Å². The highest BCUT2D eigenvalue weighted by Gasteiger charge is 3.07. The van der Waals surface area contributed by atoms with Crippen LogP contribution in [0.4, 0.5) is 0 Å². The summed E-state index contributed by atoms with van der Waals surface area (Å²) in [6.07, 6.45) is 3.20. The lowest BCUT2D eigenvalue weighted by atomic mass is 8.98. The smallest absolute Gasteiger partial charge is 0.0590 e. The van der Waals surface area contributed by atoms with Crippen LogP contribution in [0.15, 0.2) is 0 Å². The zero-order chi connectivity index (χ0) is 13.9. The first kappa shape index (κ1) is 10.7. The van der Waals surface area contributed by atoms with Crippen molar-refractivity contribution in [2.24, 2.45) is 62.6 Å². The standard InChI is InChI=1S/C19H27B/c1-14-8-6-9(14)11-12-13-18(5,17(12,4)16(11,14)3)15(2)10(8)7-19(13,15)20/h8-13H,6-7,20H2,1-5H3. The minimum absolute atomic E-state index is 0.693. The molecule has 0 aliphatic heterocycles. The molecule has 12 atom stereocenters. The van der Waals surface area contributed by atoms with Crippen LogP contribution in [0, 0.1) is 62.6 Å². The Morgan fingerprint density at radius 2 is 1.45 bits per heavy atom. The lowest BCUT2D eigenvalue weighted by molar-refractivity contribution is -0.549. The molecule has 0 radical (unpaired) electrons. The number of rotatable bonds is 0. The molecular weight excluding hydrogens is 239 g/mol. The van der Waals surface area contributed by atoms with E-state index in [2.05, 4.69) is 42.5 Å². The Labute approximate surface area is 123 Å². The quantitative estimate of drug-likeness (QED) is 0.590. The molecule has 0 nitrogen and oxygen atoms in total. The van der Waals surface area contributed by atoms with Crippen LogP contribution >= 0.6 is 0 Å². The summed E-state index contributed by atoms with van der Waals surface area (Å²) in [7, 11) is 2.69. The molecule has 12 unspecified atom stereocenters. The molecule has 7 aliphatic carbocycles. The molecule has 0 spiro atoms. The third-order valence-corrected chi connectivity index (χ3v) is 13.3. The maximum atomic E-state index is 2.74. The summed E-state index contributed by atoms with van der Waals surface area (Å²) >= 11 is 0. The van der Waals surface area contributed by atoms with Gasteiger partial charge in [-0.1, -0.05) is 41.0 Å². The Bertz CT molecular complexity index is 654. The van der Waals surface area contributed by atoms with Crippen molar-refractivity contribution in [3.8, 4) is 0 Å². The fraction of sp³-hybridized carbons (Fsp3) is 1.00. The minimum atomic E-state index is 0.693. The Morgan fingerprint density at radius 3 is 2.15 bits per heavy atom. The molecule has 0 aromatic heterocycles. The molecule has 0 saturated heterocycles. The first-order chi connectivity index (χ1) is 9.18. The topological polar surface area (TPSA) is 0 Å². The summed E-state index contributed by atoms with van der Waals surface area (Å²) in [5, 5.41) is 0.735. The number of hydrogen-bond acceptors (Lipinski definition) is 0. The van der Waals surface area contributed by atoms with Crippen LogP contribution in [0.3, 0.4) is 0 Å². The van der Waals surface area contributed by atoms with Crippen LogP contribution in [-0.2, 0) is 0 Å². The Balaban J connectivity index is 1.62. The Morgan fingerprint density at radius 1 is 0.750 bits per heavy atom. The molecule has 0 amide bonds. The van der Waals surface area contributed by atoms with Crippen molar-refractivity contribution in [3.05, 3.63) is 0 Å². The first-order valence-corrected chi connectivity index (χ1v) is 9.18. The molecule has 20 heavy (non-hydrogen) atoms.